The molecule has 0 aliphatic rings. The molecule has 3 aromatic rings. The molecule has 20 heavy (non-hydrogen) atoms. The van der Waals surface area contributed by atoms with Crippen LogP contribution in [0.2, 0.25) is 0 Å². The van der Waals surface area contributed by atoms with E-state index in [1.165, 1.54) is 0 Å². The van der Waals surface area contributed by atoms with Crippen molar-refractivity contribution in [2.45, 2.75) is 13.0 Å². The molecule has 0 radical (unpaired) electrons. The standard InChI is InChI=1S/C17H17NO2/c1-11-7-9-16(20-11)17(18)14-8-10-15(19-2)13-6-4-3-5-12(13)14/h3-10,17H,18H2,1-2H3. The highest BCUT2D eigenvalue weighted by atomic mass is 16.5. The lowest BCUT2D eigenvalue weighted by Crippen LogP contribution is -2.11. The molecular formula is C17H17NO2. The summed E-state index contributed by atoms with van der Waals surface area (Å²) in [7, 11) is 1.68. The maximum Gasteiger partial charge on any atom is 0.126 e. The molecule has 0 aliphatic carbocycles. The van der Waals surface area contributed by atoms with E-state index in [0.717, 1.165) is 33.6 Å². The van der Waals surface area contributed by atoms with Gasteiger partial charge in [0.15, 0.2) is 0 Å². The summed E-state index contributed by atoms with van der Waals surface area (Å²) in [5.74, 6) is 2.50. The van der Waals surface area contributed by atoms with E-state index in [9.17, 15) is 0 Å². The number of hydrogen-bond acceptors (Lipinski definition) is 3. The first-order valence-electron chi connectivity index (χ1n) is 6.58. The van der Waals surface area contributed by atoms with Gasteiger partial charge in [0.1, 0.15) is 17.3 Å². The van der Waals surface area contributed by atoms with Crippen LogP contribution in [-0.4, -0.2) is 7.11 Å². The van der Waals surface area contributed by atoms with Crippen molar-refractivity contribution in [3.8, 4) is 5.75 Å². The van der Waals surface area contributed by atoms with Crippen molar-refractivity contribution < 1.29 is 9.15 Å². The zero-order valence-electron chi connectivity index (χ0n) is 11.6. The molecule has 0 saturated carbocycles. The fourth-order valence-electron chi connectivity index (χ4n) is 2.52. The Morgan fingerprint density at radius 1 is 1.00 bits per heavy atom. The Morgan fingerprint density at radius 2 is 1.75 bits per heavy atom. The number of aryl methyl sites for hydroxylation is 1. The summed E-state index contributed by atoms with van der Waals surface area (Å²) in [4.78, 5) is 0. The normalized spacial score (nSPS) is 12.6. The number of hydrogen-bond donors (Lipinski definition) is 1. The molecule has 102 valence electrons. The summed E-state index contributed by atoms with van der Waals surface area (Å²) in [6.07, 6.45) is 0. The molecule has 0 amide bonds. The molecule has 0 aliphatic heterocycles. The molecule has 3 rings (SSSR count). The number of rotatable bonds is 3. The zero-order chi connectivity index (χ0) is 14.1. The molecule has 0 spiro atoms. The van der Waals surface area contributed by atoms with E-state index in [1.807, 2.05) is 49.4 Å². The van der Waals surface area contributed by atoms with E-state index in [4.69, 9.17) is 14.9 Å². The van der Waals surface area contributed by atoms with Gasteiger partial charge in [0.25, 0.3) is 0 Å². The van der Waals surface area contributed by atoms with Crippen LogP contribution < -0.4 is 10.5 Å². The van der Waals surface area contributed by atoms with Crippen molar-refractivity contribution in [3.05, 3.63) is 65.6 Å². The van der Waals surface area contributed by atoms with E-state index in [1.54, 1.807) is 7.11 Å². The van der Waals surface area contributed by atoms with Crippen molar-refractivity contribution in [1.29, 1.82) is 0 Å². The Morgan fingerprint density at radius 3 is 2.40 bits per heavy atom. The highest BCUT2D eigenvalue weighted by molar-refractivity contribution is 5.91. The molecule has 1 atom stereocenters. The van der Waals surface area contributed by atoms with E-state index < -0.39 is 0 Å². The van der Waals surface area contributed by atoms with E-state index >= 15 is 0 Å². The van der Waals surface area contributed by atoms with Gasteiger partial charge >= 0.3 is 0 Å². The maximum atomic E-state index is 6.35. The van der Waals surface area contributed by atoms with Gasteiger partial charge in [0, 0.05) is 5.39 Å². The first-order valence-corrected chi connectivity index (χ1v) is 6.58. The molecule has 1 heterocycles. The van der Waals surface area contributed by atoms with Crippen molar-refractivity contribution in [2.24, 2.45) is 5.73 Å². The van der Waals surface area contributed by atoms with Crippen LogP contribution in [-0.2, 0) is 0 Å². The predicted octanol–water partition coefficient (Wildman–Crippen LogP) is 3.80. The number of fused-ring (bicyclic) bond motifs is 1. The summed E-state index contributed by atoms with van der Waals surface area (Å²) < 4.78 is 11.1. The van der Waals surface area contributed by atoms with Crippen LogP contribution in [0, 0.1) is 6.92 Å². The first kappa shape index (κ1) is 12.8. The molecule has 0 saturated heterocycles. The third-order valence-electron chi connectivity index (χ3n) is 3.54. The molecule has 2 aromatic carbocycles. The molecule has 2 N–H and O–H groups in total. The summed E-state index contributed by atoms with van der Waals surface area (Å²) in [6.45, 7) is 1.92. The van der Waals surface area contributed by atoms with Crippen molar-refractivity contribution in [2.75, 3.05) is 7.11 Å². The van der Waals surface area contributed by atoms with E-state index in [-0.39, 0.29) is 6.04 Å². The number of nitrogens with two attached hydrogens (primary N) is 1. The summed E-state index contributed by atoms with van der Waals surface area (Å²) >= 11 is 0. The van der Waals surface area contributed by atoms with Gasteiger partial charge in [-0.05, 0) is 36.1 Å². The molecule has 0 bridgehead atoms. The van der Waals surface area contributed by atoms with Gasteiger partial charge in [-0.2, -0.15) is 0 Å². The topological polar surface area (TPSA) is 48.4 Å². The average Bonchev–Trinajstić information content (AvgIpc) is 2.92. The zero-order valence-corrected chi connectivity index (χ0v) is 11.6. The van der Waals surface area contributed by atoms with Crippen LogP contribution in [0.3, 0.4) is 0 Å². The van der Waals surface area contributed by atoms with Crippen molar-refractivity contribution in [3.63, 3.8) is 0 Å². The maximum absolute atomic E-state index is 6.35. The quantitative estimate of drug-likeness (QED) is 0.785. The monoisotopic (exact) mass is 267 g/mol. The summed E-state index contributed by atoms with van der Waals surface area (Å²) in [6, 6.07) is 15.6. The predicted molar refractivity (Wildman–Crippen MR) is 80.0 cm³/mol. The van der Waals surface area contributed by atoms with Gasteiger partial charge in [-0.15, -0.1) is 0 Å². The Labute approximate surface area is 118 Å². The summed E-state index contributed by atoms with van der Waals surface area (Å²) in [5, 5.41) is 2.15. The van der Waals surface area contributed by atoms with Gasteiger partial charge in [0.2, 0.25) is 0 Å². The van der Waals surface area contributed by atoms with Crippen LogP contribution in [0.25, 0.3) is 10.8 Å². The Hall–Kier alpha value is -2.26. The van der Waals surface area contributed by atoms with Crippen LogP contribution >= 0.6 is 0 Å². The third kappa shape index (κ3) is 2.06. The van der Waals surface area contributed by atoms with E-state index in [2.05, 4.69) is 6.07 Å². The smallest absolute Gasteiger partial charge is 0.126 e. The Bertz CT molecular complexity index is 746. The van der Waals surface area contributed by atoms with Gasteiger partial charge < -0.3 is 14.9 Å². The number of methoxy groups -OCH3 is 1. The minimum Gasteiger partial charge on any atom is -0.496 e. The van der Waals surface area contributed by atoms with Crippen LogP contribution in [0.15, 0.2) is 52.9 Å². The molecule has 3 nitrogen and oxygen atoms in total. The molecule has 0 fully saturated rings. The Kier molecular flexibility index (Phi) is 3.20. The second-order valence-electron chi connectivity index (χ2n) is 4.83. The number of benzene rings is 2. The van der Waals surface area contributed by atoms with Gasteiger partial charge in [0.05, 0.1) is 13.2 Å². The second-order valence-corrected chi connectivity index (χ2v) is 4.83. The SMILES string of the molecule is COc1ccc(C(N)c2ccc(C)o2)c2ccccc12. The van der Waals surface area contributed by atoms with Crippen LogP contribution in [0.1, 0.15) is 23.1 Å². The molecule has 1 aromatic heterocycles. The fourth-order valence-corrected chi connectivity index (χ4v) is 2.52. The van der Waals surface area contributed by atoms with Crippen molar-refractivity contribution in [1.82, 2.24) is 0 Å². The average molecular weight is 267 g/mol. The highest BCUT2D eigenvalue weighted by Crippen LogP contribution is 2.33. The van der Waals surface area contributed by atoms with Crippen LogP contribution in [0.5, 0.6) is 5.75 Å². The minimum absolute atomic E-state index is 0.278. The van der Waals surface area contributed by atoms with Crippen molar-refractivity contribution >= 4 is 10.8 Å². The molecule has 1 unspecified atom stereocenters. The summed E-state index contributed by atoms with van der Waals surface area (Å²) in [5.41, 5.74) is 7.39. The fraction of sp³-hybridized carbons (Fsp3) is 0.176. The second kappa shape index (κ2) is 5.02. The highest BCUT2D eigenvalue weighted by Gasteiger charge is 2.16. The van der Waals surface area contributed by atoms with Gasteiger partial charge in [-0.1, -0.05) is 30.3 Å². The Balaban J connectivity index is 2.17. The van der Waals surface area contributed by atoms with Crippen LogP contribution in [0.4, 0.5) is 0 Å². The van der Waals surface area contributed by atoms with Gasteiger partial charge in [-0.3, -0.25) is 0 Å². The van der Waals surface area contributed by atoms with Gasteiger partial charge in [-0.25, -0.2) is 0 Å². The first-order chi connectivity index (χ1) is 9.70. The lowest BCUT2D eigenvalue weighted by atomic mass is 9.97. The number of furan rings is 1. The third-order valence-corrected chi connectivity index (χ3v) is 3.54. The largest absolute Gasteiger partial charge is 0.496 e. The van der Waals surface area contributed by atoms with E-state index in [0.29, 0.717) is 0 Å². The lowest BCUT2D eigenvalue weighted by Gasteiger charge is -2.14. The number of ether oxygens (including phenoxy) is 1. The molecule has 3 heteroatoms. The lowest BCUT2D eigenvalue weighted by molar-refractivity contribution is 0.419. The molecular weight excluding hydrogens is 250 g/mol. The minimum atomic E-state index is -0.278.